The van der Waals surface area contributed by atoms with E-state index in [1.165, 1.54) is 5.56 Å². The summed E-state index contributed by atoms with van der Waals surface area (Å²) in [5.74, 6) is 1.35. The first-order chi connectivity index (χ1) is 7.04. The van der Waals surface area contributed by atoms with Gasteiger partial charge in [-0.3, -0.25) is 0 Å². The lowest BCUT2D eigenvalue weighted by Crippen LogP contribution is -2.12. The predicted molar refractivity (Wildman–Crippen MR) is 64.1 cm³/mol. The third kappa shape index (κ3) is 3.24. The second-order valence-electron chi connectivity index (χ2n) is 4.53. The van der Waals surface area contributed by atoms with Gasteiger partial charge in [0.1, 0.15) is 5.75 Å². The van der Waals surface area contributed by atoms with Crippen LogP contribution in [0.3, 0.4) is 0 Å². The molecule has 0 aliphatic heterocycles. The maximum atomic E-state index is 9.56. The third-order valence-corrected chi connectivity index (χ3v) is 2.80. The number of aromatic hydroxyl groups is 1. The molecule has 0 fully saturated rings. The Kier molecular flexibility index (Phi) is 4.15. The lowest BCUT2D eigenvalue weighted by Gasteiger charge is -2.21. The maximum Gasteiger partial charge on any atom is 0.116 e. The normalized spacial score (nSPS) is 13.1. The zero-order chi connectivity index (χ0) is 11.4. The van der Waals surface area contributed by atoms with E-state index in [0.29, 0.717) is 24.1 Å². The Labute approximate surface area is 92.1 Å². The second kappa shape index (κ2) is 5.17. The van der Waals surface area contributed by atoms with Crippen LogP contribution in [0.1, 0.15) is 37.3 Å². The molecule has 0 saturated heterocycles. The number of benzene rings is 1. The van der Waals surface area contributed by atoms with Crippen molar-refractivity contribution in [2.75, 3.05) is 6.54 Å². The molecule has 0 amide bonds. The average molecular weight is 207 g/mol. The molecule has 0 saturated carbocycles. The van der Waals surface area contributed by atoms with Gasteiger partial charge in [-0.2, -0.15) is 0 Å². The van der Waals surface area contributed by atoms with Crippen molar-refractivity contribution in [3.8, 4) is 5.75 Å². The molecule has 84 valence electrons. The molecular weight excluding hydrogens is 186 g/mol. The number of hydrogen-bond acceptors (Lipinski definition) is 2. The van der Waals surface area contributed by atoms with Gasteiger partial charge in [0.05, 0.1) is 0 Å². The van der Waals surface area contributed by atoms with Gasteiger partial charge >= 0.3 is 0 Å². The van der Waals surface area contributed by atoms with E-state index in [-0.39, 0.29) is 0 Å². The average Bonchev–Trinajstić information content (AvgIpc) is 2.11. The standard InChI is InChI=1S/C13H21NO/c1-9(2)13(4-5-14)11-6-10(3)7-12(15)8-11/h6-9,13,15H,4-5,14H2,1-3H3. The Bertz CT molecular complexity index is 300. The zero-order valence-corrected chi connectivity index (χ0v) is 9.83. The molecule has 1 unspecified atom stereocenters. The van der Waals surface area contributed by atoms with Crippen LogP contribution < -0.4 is 5.73 Å². The van der Waals surface area contributed by atoms with Crippen molar-refractivity contribution >= 4 is 0 Å². The fourth-order valence-corrected chi connectivity index (χ4v) is 2.07. The summed E-state index contributed by atoms with van der Waals surface area (Å²) in [6.45, 7) is 7.08. The molecule has 1 rings (SSSR count). The third-order valence-electron chi connectivity index (χ3n) is 2.80. The monoisotopic (exact) mass is 207 g/mol. The SMILES string of the molecule is Cc1cc(O)cc(C(CCN)C(C)C)c1. The van der Waals surface area contributed by atoms with Crippen LogP contribution in [0.4, 0.5) is 0 Å². The topological polar surface area (TPSA) is 46.2 Å². The number of phenols is 1. The number of hydrogen-bond donors (Lipinski definition) is 2. The molecule has 0 heterocycles. The van der Waals surface area contributed by atoms with Crippen LogP contribution in [0.15, 0.2) is 18.2 Å². The molecule has 1 aromatic carbocycles. The molecule has 0 aromatic heterocycles. The molecule has 1 aromatic rings. The van der Waals surface area contributed by atoms with Crippen molar-refractivity contribution in [3.05, 3.63) is 29.3 Å². The number of rotatable bonds is 4. The van der Waals surface area contributed by atoms with Crippen LogP contribution in [-0.2, 0) is 0 Å². The van der Waals surface area contributed by atoms with Gasteiger partial charge in [0.25, 0.3) is 0 Å². The number of nitrogens with two attached hydrogens (primary N) is 1. The summed E-state index contributed by atoms with van der Waals surface area (Å²) < 4.78 is 0. The molecular formula is C13H21NO. The van der Waals surface area contributed by atoms with Gasteiger partial charge in [-0.25, -0.2) is 0 Å². The van der Waals surface area contributed by atoms with Crippen LogP contribution in [0.5, 0.6) is 5.75 Å². The molecule has 3 N–H and O–H groups in total. The Morgan fingerprint density at radius 3 is 2.40 bits per heavy atom. The molecule has 0 radical (unpaired) electrons. The van der Waals surface area contributed by atoms with Crippen LogP contribution >= 0.6 is 0 Å². The van der Waals surface area contributed by atoms with Gasteiger partial charge < -0.3 is 10.8 Å². The quantitative estimate of drug-likeness (QED) is 0.797. The fraction of sp³-hybridized carbons (Fsp3) is 0.538. The van der Waals surface area contributed by atoms with Crippen molar-refractivity contribution in [2.45, 2.75) is 33.1 Å². The first-order valence-electron chi connectivity index (χ1n) is 5.55. The van der Waals surface area contributed by atoms with Crippen molar-refractivity contribution in [1.29, 1.82) is 0 Å². The number of aryl methyl sites for hydroxylation is 1. The van der Waals surface area contributed by atoms with E-state index < -0.39 is 0 Å². The van der Waals surface area contributed by atoms with Gasteiger partial charge in [-0.05, 0) is 55.0 Å². The summed E-state index contributed by atoms with van der Waals surface area (Å²) in [6.07, 6.45) is 0.973. The fourth-order valence-electron chi connectivity index (χ4n) is 2.07. The van der Waals surface area contributed by atoms with E-state index in [2.05, 4.69) is 19.9 Å². The van der Waals surface area contributed by atoms with E-state index in [1.54, 1.807) is 6.07 Å². The lowest BCUT2D eigenvalue weighted by molar-refractivity contribution is 0.457. The molecule has 2 heteroatoms. The van der Waals surface area contributed by atoms with E-state index in [0.717, 1.165) is 12.0 Å². The first-order valence-corrected chi connectivity index (χ1v) is 5.55. The minimum Gasteiger partial charge on any atom is -0.508 e. The van der Waals surface area contributed by atoms with Crippen LogP contribution in [-0.4, -0.2) is 11.7 Å². The van der Waals surface area contributed by atoms with Gasteiger partial charge in [0.2, 0.25) is 0 Å². The summed E-state index contributed by atoms with van der Waals surface area (Å²) in [5.41, 5.74) is 7.92. The largest absolute Gasteiger partial charge is 0.508 e. The summed E-state index contributed by atoms with van der Waals surface area (Å²) >= 11 is 0. The maximum absolute atomic E-state index is 9.56. The van der Waals surface area contributed by atoms with Gasteiger partial charge in [0, 0.05) is 0 Å². The zero-order valence-electron chi connectivity index (χ0n) is 9.83. The Hall–Kier alpha value is -1.02. The van der Waals surface area contributed by atoms with Crippen molar-refractivity contribution in [1.82, 2.24) is 0 Å². The highest BCUT2D eigenvalue weighted by Crippen LogP contribution is 2.30. The van der Waals surface area contributed by atoms with Crippen molar-refractivity contribution in [3.63, 3.8) is 0 Å². The Morgan fingerprint density at radius 1 is 1.27 bits per heavy atom. The molecule has 0 aliphatic rings. The predicted octanol–water partition coefficient (Wildman–Crippen LogP) is 2.79. The highest BCUT2D eigenvalue weighted by atomic mass is 16.3. The molecule has 0 bridgehead atoms. The van der Waals surface area contributed by atoms with E-state index in [9.17, 15) is 5.11 Å². The molecule has 0 aliphatic carbocycles. The van der Waals surface area contributed by atoms with Crippen LogP contribution in [0.2, 0.25) is 0 Å². The highest BCUT2D eigenvalue weighted by molar-refractivity contribution is 5.35. The molecule has 15 heavy (non-hydrogen) atoms. The smallest absolute Gasteiger partial charge is 0.116 e. The summed E-state index contributed by atoms with van der Waals surface area (Å²) in [5, 5.41) is 9.56. The van der Waals surface area contributed by atoms with E-state index in [1.807, 2.05) is 13.0 Å². The van der Waals surface area contributed by atoms with Crippen LogP contribution in [0, 0.1) is 12.8 Å². The molecule has 0 spiro atoms. The van der Waals surface area contributed by atoms with E-state index >= 15 is 0 Å². The second-order valence-corrected chi connectivity index (χ2v) is 4.53. The molecule has 1 atom stereocenters. The molecule has 2 nitrogen and oxygen atoms in total. The van der Waals surface area contributed by atoms with Crippen molar-refractivity contribution in [2.24, 2.45) is 11.7 Å². The Balaban J connectivity index is 2.99. The van der Waals surface area contributed by atoms with Gasteiger partial charge in [-0.15, -0.1) is 0 Å². The first kappa shape index (κ1) is 12.1. The minimum absolute atomic E-state index is 0.354. The van der Waals surface area contributed by atoms with Crippen molar-refractivity contribution < 1.29 is 5.11 Å². The number of phenolic OH excluding ortho intramolecular Hbond substituents is 1. The van der Waals surface area contributed by atoms with Gasteiger partial charge in [0.15, 0.2) is 0 Å². The lowest BCUT2D eigenvalue weighted by atomic mass is 9.85. The summed E-state index contributed by atoms with van der Waals surface area (Å²) in [7, 11) is 0. The minimum atomic E-state index is 0.354. The van der Waals surface area contributed by atoms with Gasteiger partial charge in [-0.1, -0.05) is 19.9 Å². The summed E-state index contributed by atoms with van der Waals surface area (Å²) in [4.78, 5) is 0. The van der Waals surface area contributed by atoms with Crippen LogP contribution in [0.25, 0.3) is 0 Å². The summed E-state index contributed by atoms with van der Waals surface area (Å²) in [6, 6.07) is 5.77. The Morgan fingerprint density at radius 2 is 1.93 bits per heavy atom. The highest BCUT2D eigenvalue weighted by Gasteiger charge is 2.15. The van der Waals surface area contributed by atoms with E-state index in [4.69, 9.17) is 5.73 Å².